The van der Waals surface area contributed by atoms with Crippen LogP contribution in [0.1, 0.15) is 21.5 Å². The van der Waals surface area contributed by atoms with E-state index in [4.69, 9.17) is 11.6 Å². The molecule has 3 rings (SSSR count). The molecule has 0 saturated carbocycles. The molecule has 0 unspecified atom stereocenters. The van der Waals surface area contributed by atoms with Crippen molar-refractivity contribution in [1.82, 2.24) is 0 Å². The highest BCUT2D eigenvalue weighted by Crippen LogP contribution is 2.32. The number of nitrogens with zero attached hydrogens (tertiary/aromatic N) is 1. The summed E-state index contributed by atoms with van der Waals surface area (Å²) < 4.78 is 4.69. The van der Waals surface area contributed by atoms with E-state index in [0.717, 1.165) is 16.0 Å². The Kier molecular flexibility index (Phi) is 5.01. The number of anilines is 2. The van der Waals surface area contributed by atoms with Gasteiger partial charge in [0.15, 0.2) is 0 Å². The molecule has 27 heavy (non-hydrogen) atoms. The van der Waals surface area contributed by atoms with Gasteiger partial charge in [0.1, 0.15) is 10.7 Å². The van der Waals surface area contributed by atoms with Crippen LogP contribution in [0.25, 0.3) is 0 Å². The van der Waals surface area contributed by atoms with Gasteiger partial charge in [-0.1, -0.05) is 29.8 Å². The smallest absolute Gasteiger partial charge is 0.337 e. The fraction of sp³-hybridized carbons (Fsp3) is 0.150. The van der Waals surface area contributed by atoms with Crippen molar-refractivity contribution in [3.63, 3.8) is 0 Å². The van der Waals surface area contributed by atoms with Gasteiger partial charge >= 0.3 is 5.97 Å². The number of halogens is 1. The molecule has 0 spiro atoms. The van der Waals surface area contributed by atoms with Gasteiger partial charge in [-0.25, -0.2) is 9.69 Å². The third kappa shape index (κ3) is 3.31. The van der Waals surface area contributed by atoms with E-state index in [1.54, 1.807) is 30.3 Å². The van der Waals surface area contributed by atoms with Crippen molar-refractivity contribution in [3.05, 3.63) is 69.9 Å². The van der Waals surface area contributed by atoms with E-state index in [0.29, 0.717) is 16.9 Å². The highest BCUT2D eigenvalue weighted by Gasteiger charge is 2.39. The van der Waals surface area contributed by atoms with Crippen LogP contribution < -0.4 is 10.2 Å². The average Bonchev–Trinajstić information content (AvgIpc) is 2.87. The largest absolute Gasteiger partial charge is 0.465 e. The first-order valence-corrected chi connectivity index (χ1v) is 8.53. The van der Waals surface area contributed by atoms with Crippen molar-refractivity contribution >= 4 is 40.8 Å². The minimum atomic E-state index is -0.595. The van der Waals surface area contributed by atoms with Gasteiger partial charge in [-0.3, -0.25) is 9.59 Å². The molecule has 0 fully saturated rings. The van der Waals surface area contributed by atoms with E-state index in [1.807, 2.05) is 19.9 Å². The van der Waals surface area contributed by atoms with Crippen molar-refractivity contribution in [2.45, 2.75) is 13.8 Å². The summed E-state index contributed by atoms with van der Waals surface area (Å²) in [5.41, 5.74) is 2.97. The van der Waals surface area contributed by atoms with Gasteiger partial charge in [0.05, 0.1) is 18.4 Å². The van der Waals surface area contributed by atoms with Crippen LogP contribution in [-0.4, -0.2) is 24.9 Å². The van der Waals surface area contributed by atoms with Crippen molar-refractivity contribution in [2.24, 2.45) is 0 Å². The Morgan fingerprint density at radius 1 is 1.07 bits per heavy atom. The first kappa shape index (κ1) is 18.7. The SMILES string of the molecule is COC(=O)c1cccc(NC2=C(Cl)C(=O)N(c3cccc(C)c3C)C2=O)c1. The Morgan fingerprint density at radius 2 is 1.78 bits per heavy atom. The number of nitrogens with one attached hydrogen (secondary N) is 1. The van der Waals surface area contributed by atoms with Crippen LogP contribution in [0.15, 0.2) is 53.2 Å². The number of esters is 1. The third-order valence-electron chi connectivity index (χ3n) is 4.40. The molecule has 0 aromatic heterocycles. The normalized spacial score (nSPS) is 14.0. The first-order valence-electron chi connectivity index (χ1n) is 8.15. The van der Waals surface area contributed by atoms with Crippen LogP contribution in [0.4, 0.5) is 11.4 Å². The van der Waals surface area contributed by atoms with Gasteiger partial charge in [0.2, 0.25) is 0 Å². The average molecular weight is 385 g/mol. The summed E-state index contributed by atoms with van der Waals surface area (Å²) in [6.45, 7) is 3.74. The topological polar surface area (TPSA) is 75.7 Å². The maximum Gasteiger partial charge on any atom is 0.337 e. The van der Waals surface area contributed by atoms with Gasteiger partial charge in [0, 0.05) is 5.69 Å². The Balaban J connectivity index is 1.94. The van der Waals surface area contributed by atoms with Crippen molar-refractivity contribution < 1.29 is 19.1 Å². The molecule has 0 saturated heterocycles. The second kappa shape index (κ2) is 7.25. The number of imide groups is 1. The minimum Gasteiger partial charge on any atom is -0.465 e. The fourth-order valence-electron chi connectivity index (χ4n) is 2.79. The maximum absolute atomic E-state index is 12.9. The lowest BCUT2D eigenvalue weighted by atomic mass is 10.1. The van der Waals surface area contributed by atoms with E-state index in [2.05, 4.69) is 10.1 Å². The minimum absolute atomic E-state index is 0.0374. The summed E-state index contributed by atoms with van der Waals surface area (Å²) in [6.07, 6.45) is 0. The van der Waals surface area contributed by atoms with E-state index in [9.17, 15) is 14.4 Å². The second-order valence-corrected chi connectivity index (χ2v) is 6.43. The quantitative estimate of drug-likeness (QED) is 0.644. The van der Waals surface area contributed by atoms with Gasteiger partial charge in [-0.2, -0.15) is 0 Å². The number of carbonyl (C=O) groups excluding carboxylic acids is 3. The van der Waals surface area contributed by atoms with Crippen molar-refractivity contribution in [1.29, 1.82) is 0 Å². The molecule has 0 atom stereocenters. The maximum atomic E-state index is 12.9. The number of benzene rings is 2. The van der Waals surface area contributed by atoms with Crippen LogP contribution in [0.5, 0.6) is 0 Å². The highest BCUT2D eigenvalue weighted by molar-refractivity contribution is 6.53. The summed E-state index contributed by atoms with van der Waals surface area (Å²) in [7, 11) is 1.28. The molecule has 138 valence electrons. The summed E-state index contributed by atoms with van der Waals surface area (Å²) >= 11 is 6.15. The summed E-state index contributed by atoms with van der Waals surface area (Å²) in [6, 6.07) is 11.8. The van der Waals surface area contributed by atoms with Crippen molar-refractivity contribution in [2.75, 3.05) is 17.3 Å². The second-order valence-electron chi connectivity index (χ2n) is 6.05. The molecule has 1 aliphatic heterocycles. The van der Waals surface area contributed by atoms with E-state index in [1.165, 1.54) is 13.2 Å². The summed E-state index contributed by atoms with van der Waals surface area (Å²) in [5.74, 6) is -1.66. The van der Waals surface area contributed by atoms with Gasteiger partial charge in [-0.15, -0.1) is 0 Å². The fourth-order valence-corrected chi connectivity index (χ4v) is 3.01. The molecule has 1 N–H and O–H groups in total. The van der Waals surface area contributed by atoms with Crippen molar-refractivity contribution in [3.8, 4) is 0 Å². The zero-order valence-electron chi connectivity index (χ0n) is 15.0. The Hall–Kier alpha value is -3.12. The molecular formula is C20H17ClN2O4. The number of ether oxygens (including phenoxy) is 1. The predicted molar refractivity (Wildman–Crippen MR) is 103 cm³/mol. The van der Waals surface area contributed by atoms with Crippen LogP contribution in [0.2, 0.25) is 0 Å². The molecule has 2 aromatic rings. The van der Waals surface area contributed by atoms with E-state index in [-0.39, 0.29) is 10.7 Å². The number of aryl methyl sites for hydroxylation is 1. The number of rotatable bonds is 4. The van der Waals surface area contributed by atoms with Crippen LogP contribution >= 0.6 is 11.6 Å². The van der Waals surface area contributed by atoms with Crippen LogP contribution in [0, 0.1) is 13.8 Å². The van der Waals surface area contributed by atoms with E-state index < -0.39 is 17.8 Å². The Labute approximate surface area is 161 Å². The molecule has 2 amide bonds. The predicted octanol–water partition coefficient (Wildman–Crippen LogP) is 3.53. The lowest BCUT2D eigenvalue weighted by Gasteiger charge is -2.18. The van der Waals surface area contributed by atoms with Gasteiger partial charge in [0.25, 0.3) is 11.8 Å². The standard InChI is InChI=1S/C20H17ClN2O4/c1-11-6-4-9-15(12(11)2)23-18(24)16(21)17(19(23)25)22-14-8-5-7-13(10-14)20(26)27-3/h4-10,22H,1-3H3. The molecule has 6 nitrogen and oxygen atoms in total. The lowest BCUT2D eigenvalue weighted by molar-refractivity contribution is -0.120. The Bertz CT molecular complexity index is 997. The monoisotopic (exact) mass is 384 g/mol. The third-order valence-corrected chi connectivity index (χ3v) is 4.75. The van der Waals surface area contributed by atoms with Crippen LogP contribution in [0.3, 0.4) is 0 Å². The summed E-state index contributed by atoms with van der Waals surface area (Å²) in [5, 5.41) is 2.65. The highest BCUT2D eigenvalue weighted by atomic mass is 35.5. The zero-order valence-corrected chi connectivity index (χ0v) is 15.8. The summed E-state index contributed by atoms with van der Waals surface area (Å²) in [4.78, 5) is 38.2. The number of methoxy groups -OCH3 is 1. The number of hydrogen-bond donors (Lipinski definition) is 1. The van der Waals surface area contributed by atoms with Crippen LogP contribution in [-0.2, 0) is 14.3 Å². The van der Waals surface area contributed by atoms with Gasteiger partial charge in [-0.05, 0) is 49.2 Å². The number of amides is 2. The number of carbonyl (C=O) groups is 3. The molecule has 2 aromatic carbocycles. The van der Waals surface area contributed by atoms with E-state index >= 15 is 0 Å². The molecule has 0 bridgehead atoms. The molecule has 1 aliphatic rings. The number of hydrogen-bond acceptors (Lipinski definition) is 5. The molecule has 0 aliphatic carbocycles. The first-order chi connectivity index (χ1) is 12.8. The molecule has 0 radical (unpaired) electrons. The van der Waals surface area contributed by atoms with Gasteiger partial charge < -0.3 is 10.1 Å². The zero-order chi connectivity index (χ0) is 19.7. The molecule has 1 heterocycles. The lowest BCUT2D eigenvalue weighted by Crippen LogP contribution is -2.33. The molecular weight excluding hydrogens is 368 g/mol. The molecule has 7 heteroatoms. The Morgan fingerprint density at radius 3 is 2.48 bits per heavy atom.